The summed E-state index contributed by atoms with van der Waals surface area (Å²) in [6.45, 7) is 6.48. The summed E-state index contributed by atoms with van der Waals surface area (Å²) in [5, 5.41) is 0. The van der Waals surface area contributed by atoms with E-state index in [-0.39, 0.29) is 0 Å². The van der Waals surface area contributed by atoms with Crippen molar-refractivity contribution < 1.29 is 0 Å². The molecule has 1 saturated carbocycles. The van der Waals surface area contributed by atoms with Crippen molar-refractivity contribution in [2.75, 3.05) is 5.73 Å². The maximum Gasteiger partial charge on any atom is 0.223 e. The Kier molecular flexibility index (Phi) is 1.94. The van der Waals surface area contributed by atoms with Gasteiger partial charge in [0.15, 0.2) is 0 Å². The zero-order valence-corrected chi connectivity index (χ0v) is 8.91. The van der Waals surface area contributed by atoms with Crippen LogP contribution in [0.5, 0.6) is 0 Å². The molecular weight excluding hydrogens is 176 g/mol. The maximum atomic E-state index is 5.63. The van der Waals surface area contributed by atoms with Crippen molar-refractivity contribution in [2.45, 2.75) is 39.5 Å². The highest BCUT2D eigenvalue weighted by atomic mass is 15.1. The van der Waals surface area contributed by atoms with Crippen molar-refractivity contribution in [1.29, 1.82) is 0 Å². The van der Waals surface area contributed by atoms with Gasteiger partial charge in [-0.15, -0.1) is 0 Å². The summed E-state index contributed by atoms with van der Waals surface area (Å²) in [5.41, 5.74) is 5.97. The second-order valence-corrected chi connectivity index (χ2v) is 4.57. The molecule has 2 N–H and O–H groups in total. The molecular formula is C10H16N4. The molecule has 1 heterocycles. The van der Waals surface area contributed by atoms with Crippen molar-refractivity contribution in [2.24, 2.45) is 5.41 Å². The van der Waals surface area contributed by atoms with Gasteiger partial charge in [-0.1, -0.05) is 20.8 Å². The highest BCUT2D eigenvalue weighted by Gasteiger charge is 2.48. The quantitative estimate of drug-likeness (QED) is 0.771. The molecule has 0 aromatic carbocycles. The SMILES string of the molecule is CCc1nc(N)nc(C2CC2(C)C)n1. The molecule has 0 saturated heterocycles. The number of anilines is 1. The van der Waals surface area contributed by atoms with Crippen LogP contribution in [0.1, 0.15) is 44.8 Å². The Balaban J connectivity index is 2.31. The fourth-order valence-corrected chi connectivity index (χ4v) is 1.68. The Hall–Kier alpha value is -1.19. The van der Waals surface area contributed by atoms with Gasteiger partial charge in [0.1, 0.15) is 11.6 Å². The van der Waals surface area contributed by atoms with Crippen LogP contribution in [0.3, 0.4) is 0 Å². The van der Waals surface area contributed by atoms with Crippen LogP contribution in [-0.4, -0.2) is 15.0 Å². The first-order valence-electron chi connectivity index (χ1n) is 5.03. The highest BCUT2D eigenvalue weighted by molar-refractivity contribution is 5.22. The predicted molar refractivity (Wildman–Crippen MR) is 54.8 cm³/mol. The number of nitrogens with two attached hydrogens (primary N) is 1. The van der Waals surface area contributed by atoms with Gasteiger partial charge >= 0.3 is 0 Å². The number of nitrogen functional groups attached to an aromatic ring is 1. The minimum absolute atomic E-state index is 0.346. The Bertz CT molecular complexity index is 359. The Labute approximate surface area is 84.0 Å². The molecule has 0 bridgehead atoms. The Morgan fingerprint density at radius 3 is 2.50 bits per heavy atom. The number of aromatic nitrogens is 3. The largest absolute Gasteiger partial charge is 0.368 e. The molecule has 0 spiro atoms. The summed E-state index contributed by atoms with van der Waals surface area (Å²) in [6.07, 6.45) is 1.96. The van der Waals surface area contributed by atoms with Crippen molar-refractivity contribution >= 4 is 5.95 Å². The van der Waals surface area contributed by atoms with E-state index in [0.717, 1.165) is 24.5 Å². The summed E-state index contributed by atoms with van der Waals surface area (Å²) in [6, 6.07) is 0. The van der Waals surface area contributed by atoms with E-state index in [2.05, 4.69) is 28.8 Å². The van der Waals surface area contributed by atoms with Gasteiger partial charge in [0.25, 0.3) is 0 Å². The van der Waals surface area contributed by atoms with Crippen molar-refractivity contribution in [3.05, 3.63) is 11.6 Å². The zero-order chi connectivity index (χ0) is 10.3. The molecule has 1 aromatic heterocycles. The average Bonchev–Trinajstić information content (AvgIpc) is 2.74. The van der Waals surface area contributed by atoms with Gasteiger partial charge < -0.3 is 5.73 Å². The number of hydrogen-bond acceptors (Lipinski definition) is 4. The van der Waals surface area contributed by atoms with Crippen LogP contribution >= 0.6 is 0 Å². The van der Waals surface area contributed by atoms with Crippen LogP contribution in [0.25, 0.3) is 0 Å². The number of aryl methyl sites for hydroxylation is 1. The summed E-state index contributed by atoms with van der Waals surface area (Å²) >= 11 is 0. The van der Waals surface area contributed by atoms with Gasteiger partial charge in [-0.3, -0.25) is 0 Å². The third-order valence-electron chi connectivity index (χ3n) is 2.86. The van der Waals surface area contributed by atoms with E-state index >= 15 is 0 Å². The fraction of sp³-hybridized carbons (Fsp3) is 0.700. The fourth-order valence-electron chi connectivity index (χ4n) is 1.68. The summed E-state index contributed by atoms with van der Waals surface area (Å²) in [7, 11) is 0. The lowest BCUT2D eigenvalue weighted by molar-refractivity contribution is 0.605. The lowest BCUT2D eigenvalue weighted by atomic mass is 10.1. The molecule has 4 nitrogen and oxygen atoms in total. The molecule has 1 aliphatic carbocycles. The third-order valence-corrected chi connectivity index (χ3v) is 2.86. The Morgan fingerprint density at radius 1 is 1.36 bits per heavy atom. The summed E-state index contributed by atoms with van der Waals surface area (Å²) in [4.78, 5) is 12.7. The van der Waals surface area contributed by atoms with Gasteiger partial charge in [-0.25, -0.2) is 4.98 Å². The van der Waals surface area contributed by atoms with Crippen LogP contribution in [-0.2, 0) is 6.42 Å². The first-order valence-corrected chi connectivity index (χ1v) is 5.03. The van der Waals surface area contributed by atoms with Gasteiger partial charge in [-0.2, -0.15) is 9.97 Å². The van der Waals surface area contributed by atoms with E-state index in [1.807, 2.05) is 6.92 Å². The zero-order valence-electron chi connectivity index (χ0n) is 8.91. The maximum absolute atomic E-state index is 5.63. The summed E-state index contributed by atoms with van der Waals surface area (Å²) < 4.78 is 0. The molecule has 0 amide bonds. The minimum Gasteiger partial charge on any atom is -0.368 e. The molecule has 1 fully saturated rings. The topological polar surface area (TPSA) is 64.7 Å². The number of hydrogen-bond donors (Lipinski definition) is 1. The first kappa shape index (κ1) is 9.37. The molecule has 76 valence electrons. The van der Waals surface area contributed by atoms with E-state index in [9.17, 15) is 0 Å². The van der Waals surface area contributed by atoms with Gasteiger partial charge in [0.2, 0.25) is 5.95 Å². The van der Waals surface area contributed by atoms with Crippen molar-refractivity contribution in [3.8, 4) is 0 Å². The monoisotopic (exact) mass is 192 g/mol. The summed E-state index contributed by atoms with van der Waals surface area (Å²) in [5.74, 6) is 2.50. The second kappa shape index (κ2) is 2.90. The lowest BCUT2D eigenvalue weighted by Gasteiger charge is -2.04. The van der Waals surface area contributed by atoms with E-state index < -0.39 is 0 Å². The molecule has 4 heteroatoms. The second-order valence-electron chi connectivity index (χ2n) is 4.57. The van der Waals surface area contributed by atoms with Crippen LogP contribution in [0.15, 0.2) is 0 Å². The van der Waals surface area contributed by atoms with E-state index in [4.69, 9.17) is 5.73 Å². The lowest BCUT2D eigenvalue weighted by Crippen LogP contribution is -2.07. The molecule has 0 aliphatic heterocycles. The van der Waals surface area contributed by atoms with E-state index in [1.54, 1.807) is 0 Å². The van der Waals surface area contributed by atoms with Crippen LogP contribution in [0.4, 0.5) is 5.95 Å². The third kappa shape index (κ3) is 1.56. The molecule has 2 rings (SSSR count). The van der Waals surface area contributed by atoms with E-state index in [0.29, 0.717) is 17.3 Å². The predicted octanol–water partition coefficient (Wildman–Crippen LogP) is 1.53. The number of nitrogens with zero attached hydrogens (tertiary/aromatic N) is 3. The van der Waals surface area contributed by atoms with Gasteiger partial charge in [0, 0.05) is 12.3 Å². The molecule has 1 unspecified atom stereocenters. The molecule has 1 aliphatic rings. The molecule has 1 atom stereocenters. The molecule has 1 aromatic rings. The van der Waals surface area contributed by atoms with Crippen LogP contribution < -0.4 is 5.73 Å². The van der Waals surface area contributed by atoms with Crippen molar-refractivity contribution in [1.82, 2.24) is 15.0 Å². The van der Waals surface area contributed by atoms with Crippen LogP contribution in [0.2, 0.25) is 0 Å². The van der Waals surface area contributed by atoms with Gasteiger partial charge in [-0.05, 0) is 11.8 Å². The highest BCUT2D eigenvalue weighted by Crippen LogP contribution is 2.57. The van der Waals surface area contributed by atoms with Gasteiger partial charge in [0.05, 0.1) is 0 Å². The Morgan fingerprint density at radius 2 is 2.00 bits per heavy atom. The standard InChI is InChI=1S/C10H16N4/c1-4-7-12-8(14-9(11)13-7)6-5-10(6,2)3/h6H,4-5H2,1-3H3,(H2,11,12,13,14). The van der Waals surface area contributed by atoms with Crippen LogP contribution in [0, 0.1) is 5.41 Å². The minimum atomic E-state index is 0.346. The van der Waals surface area contributed by atoms with E-state index in [1.165, 1.54) is 0 Å². The molecule has 0 radical (unpaired) electrons. The average molecular weight is 192 g/mol. The number of rotatable bonds is 2. The van der Waals surface area contributed by atoms with Crippen molar-refractivity contribution in [3.63, 3.8) is 0 Å². The molecule has 14 heavy (non-hydrogen) atoms. The smallest absolute Gasteiger partial charge is 0.223 e. The normalized spacial score (nSPS) is 23.5. The first-order chi connectivity index (χ1) is 6.53.